The summed E-state index contributed by atoms with van der Waals surface area (Å²) >= 11 is 0. The molecule has 2 aromatic rings. The second kappa shape index (κ2) is 8.45. The van der Waals surface area contributed by atoms with Gasteiger partial charge in [0.05, 0.1) is 12.2 Å². The first-order valence-electron chi connectivity index (χ1n) is 7.39. The van der Waals surface area contributed by atoms with Gasteiger partial charge in [-0.05, 0) is 31.5 Å². The molecule has 1 unspecified atom stereocenters. The van der Waals surface area contributed by atoms with E-state index in [1.54, 1.807) is 18.5 Å². The fraction of sp³-hybridized carbons (Fsp3) is 0.312. The summed E-state index contributed by atoms with van der Waals surface area (Å²) in [5.74, 6) is 1.02. The summed E-state index contributed by atoms with van der Waals surface area (Å²) in [5.41, 5.74) is 0.707. The van der Waals surface area contributed by atoms with Crippen LogP contribution >= 0.6 is 12.4 Å². The van der Waals surface area contributed by atoms with Crippen LogP contribution in [0.25, 0.3) is 0 Å². The van der Waals surface area contributed by atoms with Crippen molar-refractivity contribution in [3.8, 4) is 11.6 Å². The highest BCUT2D eigenvalue weighted by Crippen LogP contribution is 2.22. The van der Waals surface area contributed by atoms with E-state index in [0.29, 0.717) is 17.3 Å². The normalized spacial score (nSPS) is 17.0. The molecule has 7 heteroatoms. The summed E-state index contributed by atoms with van der Waals surface area (Å²) in [6, 6.07) is 7.14. The zero-order valence-electron chi connectivity index (χ0n) is 12.6. The highest BCUT2D eigenvalue weighted by molar-refractivity contribution is 5.95. The fourth-order valence-electron chi connectivity index (χ4n) is 2.40. The monoisotopic (exact) mass is 334 g/mol. The molecule has 1 atom stereocenters. The highest BCUT2D eigenvalue weighted by Gasteiger charge is 2.20. The predicted octanol–water partition coefficient (Wildman–Crippen LogP) is 2.77. The number of carbonyl (C=O) groups excluding carboxylic acids is 1. The highest BCUT2D eigenvalue weighted by atomic mass is 35.5. The third-order valence-electron chi connectivity index (χ3n) is 3.49. The lowest BCUT2D eigenvalue weighted by Crippen LogP contribution is -2.43. The molecule has 2 heterocycles. The average molecular weight is 335 g/mol. The van der Waals surface area contributed by atoms with Crippen LogP contribution in [0.3, 0.4) is 0 Å². The maximum absolute atomic E-state index is 12.2. The van der Waals surface area contributed by atoms with Crippen LogP contribution in [0.4, 0.5) is 5.69 Å². The van der Waals surface area contributed by atoms with Crippen LogP contribution < -0.4 is 15.4 Å². The maximum atomic E-state index is 12.2. The Morgan fingerprint density at radius 1 is 1.30 bits per heavy atom. The Hall–Kier alpha value is -2.18. The molecule has 23 heavy (non-hydrogen) atoms. The van der Waals surface area contributed by atoms with E-state index in [9.17, 15) is 4.79 Å². The molecule has 1 amide bonds. The SMILES string of the molecule is Cl.O=C(Nc1cccc(Oc2cnccn2)c1)C1CCCCN1. The maximum Gasteiger partial charge on any atom is 0.241 e. The molecule has 6 nitrogen and oxygen atoms in total. The summed E-state index contributed by atoms with van der Waals surface area (Å²) in [4.78, 5) is 20.2. The average Bonchev–Trinajstić information content (AvgIpc) is 2.57. The molecular formula is C16H19ClN4O2. The Bertz CT molecular complexity index is 633. The van der Waals surface area contributed by atoms with Crippen LogP contribution in [0.2, 0.25) is 0 Å². The van der Waals surface area contributed by atoms with Crippen LogP contribution in [0.5, 0.6) is 11.6 Å². The van der Waals surface area contributed by atoms with Crippen LogP contribution in [-0.4, -0.2) is 28.5 Å². The molecule has 1 aliphatic heterocycles. The van der Waals surface area contributed by atoms with E-state index in [1.807, 2.05) is 18.2 Å². The van der Waals surface area contributed by atoms with Gasteiger partial charge in [0.1, 0.15) is 5.75 Å². The zero-order valence-corrected chi connectivity index (χ0v) is 13.4. The Morgan fingerprint density at radius 3 is 2.96 bits per heavy atom. The molecule has 0 spiro atoms. The number of benzene rings is 1. The van der Waals surface area contributed by atoms with Crippen molar-refractivity contribution in [1.29, 1.82) is 0 Å². The number of ether oxygens (including phenoxy) is 1. The van der Waals surface area contributed by atoms with Gasteiger partial charge in [-0.3, -0.25) is 9.78 Å². The Labute approximate surface area is 141 Å². The van der Waals surface area contributed by atoms with E-state index in [-0.39, 0.29) is 24.4 Å². The second-order valence-electron chi connectivity index (χ2n) is 5.17. The number of anilines is 1. The van der Waals surface area contributed by atoms with Crippen molar-refractivity contribution in [3.05, 3.63) is 42.9 Å². The summed E-state index contributed by atoms with van der Waals surface area (Å²) in [7, 11) is 0. The van der Waals surface area contributed by atoms with Crippen molar-refractivity contribution in [2.45, 2.75) is 25.3 Å². The van der Waals surface area contributed by atoms with Crippen molar-refractivity contribution < 1.29 is 9.53 Å². The van der Waals surface area contributed by atoms with E-state index in [0.717, 1.165) is 25.8 Å². The third kappa shape index (κ3) is 4.91. The third-order valence-corrected chi connectivity index (χ3v) is 3.49. The number of rotatable bonds is 4. The lowest BCUT2D eigenvalue weighted by molar-refractivity contribution is -0.118. The van der Waals surface area contributed by atoms with Crippen LogP contribution in [0.15, 0.2) is 42.9 Å². The van der Waals surface area contributed by atoms with Gasteiger partial charge in [0.2, 0.25) is 11.8 Å². The molecule has 1 aromatic carbocycles. The lowest BCUT2D eigenvalue weighted by Gasteiger charge is -2.22. The smallest absolute Gasteiger partial charge is 0.241 e. The van der Waals surface area contributed by atoms with Crippen molar-refractivity contribution in [1.82, 2.24) is 15.3 Å². The minimum absolute atomic E-state index is 0. The van der Waals surface area contributed by atoms with Crippen LogP contribution in [-0.2, 0) is 4.79 Å². The van der Waals surface area contributed by atoms with Crippen molar-refractivity contribution in [2.75, 3.05) is 11.9 Å². The topological polar surface area (TPSA) is 76.1 Å². The number of nitrogens with zero attached hydrogens (tertiary/aromatic N) is 2. The molecule has 122 valence electrons. The molecule has 0 aliphatic carbocycles. The molecule has 0 saturated carbocycles. The van der Waals surface area contributed by atoms with Gasteiger partial charge in [-0.1, -0.05) is 12.5 Å². The first-order chi connectivity index (χ1) is 10.8. The molecule has 1 fully saturated rings. The van der Waals surface area contributed by atoms with E-state index in [2.05, 4.69) is 20.6 Å². The molecule has 1 saturated heterocycles. The van der Waals surface area contributed by atoms with Crippen molar-refractivity contribution >= 4 is 24.0 Å². The summed E-state index contributed by atoms with van der Waals surface area (Å²) < 4.78 is 5.61. The number of amides is 1. The molecular weight excluding hydrogens is 316 g/mol. The van der Waals surface area contributed by atoms with E-state index in [4.69, 9.17) is 4.74 Å². The van der Waals surface area contributed by atoms with Gasteiger partial charge in [0, 0.05) is 24.1 Å². The fourth-order valence-corrected chi connectivity index (χ4v) is 2.40. The van der Waals surface area contributed by atoms with Crippen molar-refractivity contribution in [3.63, 3.8) is 0 Å². The summed E-state index contributed by atoms with van der Waals surface area (Å²) in [5, 5.41) is 6.15. The first-order valence-corrected chi connectivity index (χ1v) is 7.39. The summed E-state index contributed by atoms with van der Waals surface area (Å²) in [6.07, 6.45) is 7.78. The van der Waals surface area contributed by atoms with Gasteiger partial charge in [-0.2, -0.15) is 0 Å². The Kier molecular flexibility index (Phi) is 6.31. The number of aromatic nitrogens is 2. The molecule has 2 N–H and O–H groups in total. The number of carbonyl (C=O) groups is 1. The zero-order chi connectivity index (χ0) is 15.2. The van der Waals surface area contributed by atoms with Gasteiger partial charge < -0.3 is 15.4 Å². The number of nitrogens with one attached hydrogen (secondary N) is 2. The Morgan fingerprint density at radius 2 is 2.22 bits per heavy atom. The second-order valence-corrected chi connectivity index (χ2v) is 5.17. The summed E-state index contributed by atoms with van der Waals surface area (Å²) in [6.45, 7) is 0.897. The first kappa shape index (κ1) is 17.2. The molecule has 1 aliphatic rings. The quantitative estimate of drug-likeness (QED) is 0.899. The van der Waals surface area contributed by atoms with Crippen LogP contribution in [0, 0.1) is 0 Å². The van der Waals surface area contributed by atoms with E-state index >= 15 is 0 Å². The number of piperidine rings is 1. The van der Waals surface area contributed by atoms with Gasteiger partial charge in [-0.15, -0.1) is 12.4 Å². The largest absolute Gasteiger partial charge is 0.437 e. The van der Waals surface area contributed by atoms with E-state index < -0.39 is 0 Å². The van der Waals surface area contributed by atoms with Gasteiger partial charge in [-0.25, -0.2) is 4.98 Å². The Balaban J connectivity index is 0.00000192. The predicted molar refractivity (Wildman–Crippen MR) is 90.1 cm³/mol. The number of hydrogen-bond acceptors (Lipinski definition) is 5. The molecule has 1 aromatic heterocycles. The minimum Gasteiger partial charge on any atom is -0.437 e. The van der Waals surface area contributed by atoms with Gasteiger partial charge in [0.15, 0.2) is 0 Å². The number of hydrogen-bond donors (Lipinski definition) is 2. The lowest BCUT2D eigenvalue weighted by atomic mass is 10.0. The van der Waals surface area contributed by atoms with Gasteiger partial charge >= 0.3 is 0 Å². The molecule has 0 bridgehead atoms. The van der Waals surface area contributed by atoms with Crippen LogP contribution in [0.1, 0.15) is 19.3 Å². The van der Waals surface area contributed by atoms with Crippen molar-refractivity contribution in [2.24, 2.45) is 0 Å². The molecule has 3 rings (SSSR count). The van der Waals surface area contributed by atoms with Gasteiger partial charge in [0.25, 0.3) is 0 Å². The number of halogens is 1. The molecule has 0 radical (unpaired) electrons. The minimum atomic E-state index is -0.113. The standard InChI is InChI=1S/C16H18N4O2.ClH/c21-16(14-6-1-2-7-18-14)20-12-4-3-5-13(10-12)22-15-11-17-8-9-19-15;/h3-5,8-11,14,18H,1-2,6-7H2,(H,20,21);1H. The van der Waals surface area contributed by atoms with E-state index in [1.165, 1.54) is 6.20 Å².